The monoisotopic (exact) mass is 820 g/mol. The molecule has 62 heavy (non-hydrogen) atoms. The van der Waals surface area contributed by atoms with E-state index in [-0.39, 0.29) is 11.5 Å². The van der Waals surface area contributed by atoms with E-state index in [4.69, 9.17) is 19.5 Å². The Morgan fingerprint density at radius 1 is 0.419 bits per heavy atom. The highest BCUT2D eigenvalue weighted by Crippen LogP contribution is 2.48. The Morgan fingerprint density at radius 2 is 0.790 bits per heavy atom. The molecular formula is C56H56N2O4. The first-order valence-electron chi connectivity index (χ1n) is 22.4. The summed E-state index contributed by atoms with van der Waals surface area (Å²) in [5, 5.41) is 32.2. The molecule has 0 saturated carbocycles. The molecule has 0 amide bonds. The maximum absolute atomic E-state index is 12.0. The molecule has 0 heterocycles. The van der Waals surface area contributed by atoms with E-state index in [1.807, 2.05) is 85.2 Å². The molecule has 8 aromatic rings. The summed E-state index contributed by atoms with van der Waals surface area (Å²) >= 11 is 0. The van der Waals surface area contributed by atoms with Gasteiger partial charge in [0, 0.05) is 58.9 Å². The molecule has 6 heteroatoms. The average Bonchev–Trinajstić information content (AvgIpc) is 3.30. The maximum Gasteiger partial charge on any atom is 0.132 e. The largest absolute Gasteiger partial charge is 0.507 e. The van der Waals surface area contributed by atoms with E-state index >= 15 is 0 Å². The third kappa shape index (κ3) is 9.15. The number of nitrogens with zero attached hydrogens (tertiary/aromatic N) is 2. The van der Waals surface area contributed by atoms with Crippen LogP contribution in [0, 0.1) is 0 Å². The van der Waals surface area contributed by atoms with Gasteiger partial charge < -0.3 is 19.7 Å². The highest BCUT2D eigenvalue weighted by atomic mass is 16.5. The lowest BCUT2D eigenvalue weighted by Crippen LogP contribution is -2.04. The van der Waals surface area contributed by atoms with Gasteiger partial charge in [-0.2, -0.15) is 0 Å². The number of hydrogen-bond acceptors (Lipinski definition) is 6. The molecule has 0 bridgehead atoms. The number of aliphatic imine (C=N–C) groups is 2. The molecule has 314 valence electrons. The molecule has 8 aromatic carbocycles. The second-order valence-electron chi connectivity index (χ2n) is 16.0. The summed E-state index contributed by atoms with van der Waals surface area (Å²) in [5.74, 6) is 1.84. The number of benzene rings is 8. The topological polar surface area (TPSA) is 83.6 Å². The Hall–Kier alpha value is -6.66. The van der Waals surface area contributed by atoms with E-state index in [1.54, 1.807) is 0 Å². The number of phenolic OH excluding ortho intramolecular Hbond substituents is 2. The SMILES string of the molecule is CCCCCN=Cc1cc2ccccc2c(-c2c(OCCCCOc3ccc4ccccc4c3-c3c(O)c(C=NCCCCC)cc4ccccc34)ccc3ccccc23)c1O. The third-order valence-corrected chi connectivity index (χ3v) is 11.7. The first-order chi connectivity index (χ1) is 30.6. The second kappa shape index (κ2) is 20.3. The highest BCUT2D eigenvalue weighted by Gasteiger charge is 2.22. The van der Waals surface area contributed by atoms with Crippen molar-refractivity contribution in [2.45, 2.75) is 65.2 Å². The first kappa shape index (κ1) is 42.0. The summed E-state index contributed by atoms with van der Waals surface area (Å²) in [5.41, 5.74) is 4.64. The zero-order valence-corrected chi connectivity index (χ0v) is 35.9. The Bertz CT molecular complexity index is 2680. The van der Waals surface area contributed by atoms with E-state index in [1.165, 1.54) is 0 Å². The van der Waals surface area contributed by atoms with Crippen molar-refractivity contribution in [3.05, 3.63) is 145 Å². The normalized spacial score (nSPS) is 11.8. The molecule has 0 fully saturated rings. The number of aromatic hydroxyl groups is 2. The molecule has 6 nitrogen and oxygen atoms in total. The first-order valence-corrected chi connectivity index (χ1v) is 22.4. The maximum atomic E-state index is 12.0. The lowest BCUT2D eigenvalue weighted by atomic mass is 9.90. The summed E-state index contributed by atoms with van der Waals surface area (Å²) in [6, 6.07) is 45.2. The van der Waals surface area contributed by atoms with Crippen molar-refractivity contribution in [3.63, 3.8) is 0 Å². The average molecular weight is 821 g/mol. The molecule has 0 spiro atoms. The quantitative estimate of drug-likeness (QED) is 0.0629. The van der Waals surface area contributed by atoms with Crippen LogP contribution in [0.15, 0.2) is 143 Å². The fraction of sp³-hybridized carbons (Fsp3) is 0.250. The van der Waals surface area contributed by atoms with Gasteiger partial charge in [0.25, 0.3) is 0 Å². The lowest BCUT2D eigenvalue weighted by Gasteiger charge is -2.19. The van der Waals surface area contributed by atoms with Crippen molar-refractivity contribution in [1.29, 1.82) is 0 Å². The van der Waals surface area contributed by atoms with Crippen molar-refractivity contribution >= 4 is 55.5 Å². The van der Waals surface area contributed by atoms with Crippen molar-refractivity contribution in [2.75, 3.05) is 26.3 Å². The van der Waals surface area contributed by atoms with E-state index < -0.39 is 0 Å². The predicted octanol–water partition coefficient (Wildman–Crippen LogP) is 14.5. The fourth-order valence-corrected chi connectivity index (χ4v) is 8.48. The molecule has 0 aliphatic carbocycles. The summed E-state index contributed by atoms with van der Waals surface area (Å²) in [6.45, 7) is 6.75. The van der Waals surface area contributed by atoms with E-state index in [0.29, 0.717) is 24.3 Å². The molecule has 8 rings (SSSR count). The van der Waals surface area contributed by atoms with Crippen LogP contribution >= 0.6 is 0 Å². The summed E-state index contributed by atoms with van der Waals surface area (Å²) in [4.78, 5) is 9.40. The van der Waals surface area contributed by atoms with Gasteiger partial charge in [-0.05, 0) is 93.0 Å². The molecule has 0 unspecified atom stereocenters. The van der Waals surface area contributed by atoms with Gasteiger partial charge >= 0.3 is 0 Å². The Kier molecular flexibility index (Phi) is 13.7. The van der Waals surface area contributed by atoms with Crippen LogP contribution in [0.2, 0.25) is 0 Å². The number of unbranched alkanes of at least 4 members (excludes halogenated alkanes) is 5. The molecule has 0 aliphatic heterocycles. The van der Waals surface area contributed by atoms with Gasteiger partial charge in [0.2, 0.25) is 0 Å². The van der Waals surface area contributed by atoms with Crippen molar-refractivity contribution < 1.29 is 19.7 Å². The van der Waals surface area contributed by atoms with Gasteiger partial charge in [-0.25, -0.2) is 0 Å². The van der Waals surface area contributed by atoms with Gasteiger partial charge in [-0.3, -0.25) is 9.98 Å². The molecule has 2 N–H and O–H groups in total. The highest BCUT2D eigenvalue weighted by molar-refractivity contribution is 6.13. The number of rotatable bonds is 19. The minimum atomic E-state index is 0.201. The number of hydrogen-bond donors (Lipinski definition) is 2. The lowest BCUT2D eigenvalue weighted by molar-refractivity contribution is 0.268. The van der Waals surface area contributed by atoms with Crippen LogP contribution in [-0.4, -0.2) is 48.9 Å². The number of fused-ring (bicyclic) bond motifs is 4. The number of phenols is 2. The van der Waals surface area contributed by atoms with E-state index in [2.05, 4.69) is 74.5 Å². The van der Waals surface area contributed by atoms with Crippen LogP contribution in [0.5, 0.6) is 23.0 Å². The summed E-state index contributed by atoms with van der Waals surface area (Å²) in [7, 11) is 0. The third-order valence-electron chi connectivity index (χ3n) is 11.7. The van der Waals surface area contributed by atoms with Crippen molar-refractivity contribution in [2.24, 2.45) is 9.98 Å². The second-order valence-corrected chi connectivity index (χ2v) is 16.0. The van der Waals surface area contributed by atoms with Crippen LogP contribution < -0.4 is 9.47 Å². The van der Waals surface area contributed by atoms with Crippen LogP contribution in [0.25, 0.3) is 65.3 Å². The molecule has 0 aromatic heterocycles. The zero-order valence-electron chi connectivity index (χ0n) is 35.9. The zero-order chi connectivity index (χ0) is 42.7. The Morgan fingerprint density at radius 3 is 1.19 bits per heavy atom. The molecule has 0 radical (unpaired) electrons. The fourth-order valence-electron chi connectivity index (χ4n) is 8.48. The van der Waals surface area contributed by atoms with Crippen molar-refractivity contribution in [1.82, 2.24) is 0 Å². The van der Waals surface area contributed by atoms with Gasteiger partial charge in [-0.15, -0.1) is 0 Å². The minimum absolute atomic E-state index is 0.201. The Labute approximate surface area is 365 Å². The predicted molar refractivity (Wildman–Crippen MR) is 261 cm³/mol. The molecule has 0 saturated heterocycles. The van der Waals surface area contributed by atoms with Crippen LogP contribution in [0.1, 0.15) is 76.3 Å². The number of ether oxygens (including phenoxy) is 2. The smallest absolute Gasteiger partial charge is 0.132 e. The van der Waals surface area contributed by atoms with Crippen LogP contribution in [-0.2, 0) is 0 Å². The Balaban J connectivity index is 1.06. The molecule has 0 aliphatic rings. The van der Waals surface area contributed by atoms with E-state index in [9.17, 15) is 10.2 Å². The summed E-state index contributed by atoms with van der Waals surface area (Å²) < 4.78 is 13.3. The van der Waals surface area contributed by atoms with Gasteiger partial charge in [0.1, 0.15) is 23.0 Å². The van der Waals surface area contributed by atoms with E-state index in [0.717, 1.165) is 141 Å². The standard InChI is InChI=1S/C56H56N2O4/c1-3-5-15-31-57-37-43-35-41-21-9-13-25-47(41)53(55(43)59)51-45-23-11-7-19-39(45)27-29-49(51)61-33-17-18-34-62-50-30-28-40-20-8-12-24-46(40)52(50)54-48-26-14-10-22-42(48)36-44(56(54)60)38-58-32-16-6-4-2/h7-14,19-30,35-38,59-60H,3-6,15-18,31-34H2,1-2H3. The molecule has 0 atom stereocenters. The van der Waals surface area contributed by atoms with Gasteiger partial charge in [0.05, 0.1) is 13.2 Å². The van der Waals surface area contributed by atoms with Gasteiger partial charge in [0.15, 0.2) is 0 Å². The van der Waals surface area contributed by atoms with Crippen molar-refractivity contribution in [3.8, 4) is 45.3 Å². The minimum Gasteiger partial charge on any atom is -0.507 e. The van der Waals surface area contributed by atoms with Crippen LogP contribution in [0.4, 0.5) is 0 Å². The van der Waals surface area contributed by atoms with Crippen LogP contribution in [0.3, 0.4) is 0 Å². The molecular weight excluding hydrogens is 765 g/mol. The summed E-state index contributed by atoms with van der Waals surface area (Å²) in [6.07, 6.45) is 11.7. The van der Waals surface area contributed by atoms with Gasteiger partial charge in [-0.1, -0.05) is 149 Å².